The molecule has 3 aliphatic rings. The van der Waals surface area contributed by atoms with Gasteiger partial charge in [-0.25, -0.2) is 0 Å². The molecular formula is C27H32O16. The Morgan fingerprint density at radius 2 is 1.30 bits per heavy atom. The number of benzene rings is 1. The van der Waals surface area contributed by atoms with E-state index in [4.69, 9.17) is 9.47 Å². The van der Waals surface area contributed by atoms with Crippen molar-refractivity contribution in [3.63, 3.8) is 0 Å². The molecule has 2 fully saturated rings. The summed E-state index contributed by atoms with van der Waals surface area (Å²) in [6.07, 6.45) is -18.7. The number of hydrogen-bond acceptors (Lipinski definition) is 16. The van der Waals surface area contributed by atoms with Gasteiger partial charge in [-0.2, -0.15) is 0 Å². The molecule has 1 aromatic carbocycles. The molecule has 0 amide bonds. The van der Waals surface area contributed by atoms with Crippen LogP contribution in [0.25, 0.3) is 6.08 Å². The van der Waals surface area contributed by atoms with Gasteiger partial charge in [0.1, 0.15) is 83.9 Å². The average Bonchev–Trinajstić information content (AvgIpc) is 2.98. The van der Waals surface area contributed by atoms with Crippen molar-refractivity contribution in [2.75, 3.05) is 13.2 Å². The van der Waals surface area contributed by atoms with Crippen LogP contribution < -0.4 is 0 Å². The second-order valence-electron chi connectivity index (χ2n) is 10.4. The van der Waals surface area contributed by atoms with Crippen molar-refractivity contribution in [1.29, 1.82) is 0 Å². The van der Waals surface area contributed by atoms with E-state index < -0.39 is 114 Å². The first-order valence-corrected chi connectivity index (χ1v) is 13.0. The number of carbonyl (C=O) groups excluding carboxylic acids is 2. The Morgan fingerprint density at radius 3 is 1.86 bits per heavy atom. The molecule has 0 saturated carbocycles. The predicted molar refractivity (Wildman–Crippen MR) is 139 cm³/mol. The fourth-order valence-electron chi connectivity index (χ4n) is 5.24. The van der Waals surface area contributed by atoms with Crippen molar-refractivity contribution in [3.8, 4) is 5.75 Å². The number of allylic oxidation sites excluding steroid dienone is 2. The zero-order valence-corrected chi connectivity index (χ0v) is 22.2. The second kappa shape index (κ2) is 12.4. The van der Waals surface area contributed by atoms with Gasteiger partial charge in [-0.15, -0.1) is 0 Å². The summed E-state index contributed by atoms with van der Waals surface area (Å²) in [6, 6.07) is 5.38. The van der Waals surface area contributed by atoms with Crippen molar-refractivity contribution in [2.24, 2.45) is 0 Å². The Morgan fingerprint density at radius 1 is 0.767 bits per heavy atom. The van der Waals surface area contributed by atoms with Crippen LogP contribution in [0.3, 0.4) is 0 Å². The smallest absolute Gasteiger partial charge is 0.219 e. The molecule has 43 heavy (non-hydrogen) atoms. The standard InChI is InChI=1S/C27H32O16/c28-7-12-16(32)19(35)21(37)23(42-12)15-18(34)14(11(31)6-3-9-1-4-10(30)5-2-9)24(39)27(41,25(15)40)26-22(38)20(36)17(33)13(8-29)43-26/h1-6,12-13,16-17,19-23,26,28-38,41H,7-8H2/b6-3+,14-11?/t12-,13-,16-,17-,19+,20+,21-,22-,23-,26+,27+/m1/s1. The molecule has 16 heteroatoms. The van der Waals surface area contributed by atoms with Gasteiger partial charge in [0.05, 0.1) is 18.8 Å². The van der Waals surface area contributed by atoms with E-state index >= 15 is 0 Å². The summed E-state index contributed by atoms with van der Waals surface area (Å²) in [5.74, 6) is -6.12. The highest BCUT2D eigenvalue weighted by molar-refractivity contribution is 6.28. The van der Waals surface area contributed by atoms with E-state index in [1.54, 1.807) is 0 Å². The first kappa shape index (κ1) is 32.6. The minimum Gasteiger partial charge on any atom is -0.508 e. The van der Waals surface area contributed by atoms with Crippen molar-refractivity contribution in [2.45, 2.75) is 66.6 Å². The van der Waals surface area contributed by atoms with E-state index in [0.29, 0.717) is 5.56 Å². The SMILES string of the molecule is O=C1C(=C(O)/C=C/c2ccc(O)cc2)C(O)=C([C@H]2O[C@H](CO)[C@@H](O)[C@H](O)[C@H]2O)C(=O)[C@]1(O)[C@H]1O[C@H](CO)[C@@H](O)[C@H](O)[C@H]1O. The zero-order valence-electron chi connectivity index (χ0n) is 22.2. The number of aromatic hydroxyl groups is 1. The van der Waals surface area contributed by atoms with Crippen molar-refractivity contribution in [1.82, 2.24) is 0 Å². The summed E-state index contributed by atoms with van der Waals surface area (Å²) >= 11 is 0. The molecule has 0 radical (unpaired) electrons. The molecule has 1 aliphatic carbocycles. The summed E-state index contributed by atoms with van der Waals surface area (Å²) < 4.78 is 10.6. The van der Waals surface area contributed by atoms with Crippen LogP contribution in [0.4, 0.5) is 0 Å². The quantitative estimate of drug-likeness (QED) is 0.0820. The third-order valence-corrected chi connectivity index (χ3v) is 7.72. The molecule has 2 saturated heterocycles. The largest absolute Gasteiger partial charge is 0.508 e. The first-order chi connectivity index (χ1) is 20.2. The van der Waals surface area contributed by atoms with E-state index in [-0.39, 0.29) is 5.75 Å². The van der Waals surface area contributed by atoms with Crippen molar-refractivity contribution < 1.29 is 80.3 Å². The molecule has 0 bridgehead atoms. The van der Waals surface area contributed by atoms with Gasteiger partial charge in [-0.05, 0) is 23.8 Å². The predicted octanol–water partition coefficient (Wildman–Crippen LogP) is -4.40. The minimum absolute atomic E-state index is 0.0879. The third-order valence-electron chi connectivity index (χ3n) is 7.72. The molecule has 2 aliphatic heterocycles. The molecular weight excluding hydrogens is 580 g/mol. The number of aliphatic hydroxyl groups excluding tert-OH is 10. The van der Waals surface area contributed by atoms with Crippen LogP contribution in [0.5, 0.6) is 5.75 Å². The van der Waals surface area contributed by atoms with Gasteiger partial charge >= 0.3 is 0 Å². The normalized spacial score (nSPS) is 40.3. The highest BCUT2D eigenvalue weighted by Crippen LogP contribution is 2.42. The Labute approximate surface area is 242 Å². The zero-order chi connectivity index (χ0) is 32.0. The lowest BCUT2D eigenvalue weighted by Gasteiger charge is -2.48. The fraction of sp³-hybridized carbons (Fsp3) is 0.481. The maximum Gasteiger partial charge on any atom is 0.219 e. The van der Waals surface area contributed by atoms with Crippen LogP contribution in [0.15, 0.2) is 53.0 Å². The van der Waals surface area contributed by atoms with Crippen molar-refractivity contribution in [3.05, 3.63) is 58.6 Å². The Bertz CT molecular complexity index is 1320. The molecule has 2 heterocycles. The van der Waals surface area contributed by atoms with Crippen LogP contribution in [0.2, 0.25) is 0 Å². The number of Topliss-reactive ketones (excluding diaryl/α,β-unsaturated/α-hetero) is 2. The molecule has 0 spiro atoms. The van der Waals surface area contributed by atoms with E-state index in [0.717, 1.165) is 6.08 Å². The van der Waals surface area contributed by atoms with Gasteiger partial charge in [0.15, 0.2) is 0 Å². The number of hydrogen-bond donors (Lipinski definition) is 12. The molecule has 236 valence electrons. The van der Waals surface area contributed by atoms with Crippen molar-refractivity contribution >= 4 is 17.6 Å². The number of rotatable bonds is 6. The highest BCUT2D eigenvalue weighted by atomic mass is 16.6. The maximum atomic E-state index is 13.9. The van der Waals surface area contributed by atoms with E-state index in [2.05, 4.69) is 0 Å². The van der Waals surface area contributed by atoms with E-state index in [9.17, 15) is 70.9 Å². The number of phenolic OH excluding ortho intramolecular Hbond substituents is 1. The van der Waals surface area contributed by atoms with E-state index in [1.165, 1.54) is 30.3 Å². The fourth-order valence-corrected chi connectivity index (χ4v) is 5.24. The number of phenols is 1. The average molecular weight is 613 g/mol. The Hall–Kier alpha value is -3.26. The van der Waals surface area contributed by atoms with Gasteiger partial charge in [0.25, 0.3) is 0 Å². The number of ether oxygens (including phenoxy) is 2. The van der Waals surface area contributed by atoms with Crippen LogP contribution in [0.1, 0.15) is 5.56 Å². The van der Waals surface area contributed by atoms with Gasteiger partial charge in [-0.1, -0.05) is 18.2 Å². The van der Waals surface area contributed by atoms with E-state index in [1.807, 2.05) is 0 Å². The molecule has 4 rings (SSSR count). The van der Waals surface area contributed by atoms with Gasteiger partial charge in [-0.3, -0.25) is 9.59 Å². The summed E-state index contributed by atoms with van der Waals surface area (Å²) in [7, 11) is 0. The summed E-state index contributed by atoms with van der Waals surface area (Å²) in [5, 5.41) is 125. The molecule has 1 aromatic rings. The maximum absolute atomic E-state index is 13.9. The van der Waals surface area contributed by atoms with Crippen LogP contribution in [0, 0.1) is 0 Å². The Kier molecular flexibility index (Phi) is 9.41. The third kappa shape index (κ3) is 5.47. The summed E-state index contributed by atoms with van der Waals surface area (Å²) in [6.45, 7) is -1.99. The van der Waals surface area contributed by atoms with Gasteiger partial charge in [0.2, 0.25) is 17.2 Å². The summed E-state index contributed by atoms with van der Waals surface area (Å²) in [4.78, 5) is 27.6. The molecule has 12 N–H and O–H groups in total. The number of ketones is 2. The highest BCUT2D eigenvalue weighted by Gasteiger charge is 2.65. The molecule has 16 nitrogen and oxygen atoms in total. The molecule has 11 atom stereocenters. The first-order valence-electron chi connectivity index (χ1n) is 13.0. The lowest BCUT2D eigenvalue weighted by molar-refractivity contribution is -0.261. The van der Waals surface area contributed by atoms with Gasteiger partial charge in [0, 0.05) is 0 Å². The summed E-state index contributed by atoms with van der Waals surface area (Å²) in [5.41, 5.74) is -5.62. The number of carbonyl (C=O) groups is 2. The van der Waals surface area contributed by atoms with Crippen LogP contribution in [-0.2, 0) is 19.1 Å². The Balaban J connectivity index is 1.92. The second-order valence-corrected chi connectivity index (χ2v) is 10.4. The molecule has 0 unspecified atom stereocenters. The monoisotopic (exact) mass is 612 g/mol. The molecule has 0 aromatic heterocycles. The topological polar surface area (TPSA) is 295 Å². The lowest BCUT2D eigenvalue weighted by Crippen LogP contribution is -2.72. The number of aliphatic hydroxyl groups is 11. The minimum atomic E-state index is -3.63. The van der Waals surface area contributed by atoms with Crippen LogP contribution in [-0.4, -0.2) is 153 Å². The lowest BCUT2D eigenvalue weighted by atomic mass is 9.69. The van der Waals surface area contributed by atoms with Crippen LogP contribution >= 0.6 is 0 Å². The van der Waals surface area contributed by atoms with Gasteiger partial charge < -0.3 is 70.8 Å².